The molecule has 0 aliphatic heterocycles. The Morgan fingerprint density at radius 2 is 1.90 bits per heavy atom. The van der Waals surface area contributed by atoms with Crippen molar-refractivity contribution in [1.82, 2.24) is 4.98 Å². The van der Waals surface area contributed by atoms with Crippen LogP contribution < -0.4 is 5.32 Å². The van der Waals surface area contributed by atoms with E-state index >= 15 is 0 Å². The summed E-state index contributed by atoms with van der Waals surface area (Å²) in [6, 6.07) is 4.98. The molecule has 0 radical (unpaired) electrons. The van der Waals surface area contributed by atoms with E-state index in [0.717, 1.165) is 24.4 Å². The third-order valence-corrected chi connectivity index (χ3v) is 3.22. The molecule has 0 saturated carbocycles. The van der Waals surface area contributed by atoms with Gasteiger partial charge >= 0.3 is 6.18 Å². The maximum atomic E-state index is 12.9. The number of alkyl halides is 3. The van der Waals surface area contributed by atoms with Crippen molar-refractivity contribution in [2.75, 3.05) is 5.32 Å². The van der Waals surface area contributed by atoms with Gasteiger partial charge in [-0.3, -0.25) is 4.79 Å². The van der Waals surface area contributed by atoms with Gasteiger partial charge in [0.25, 0.3) is 5.91 Å². The molecule has 1 aromatic heterocycles. The highest BCUT2D eigenvalue weighted by Gasteiger charge is 2.31. The zero-order valence-electron chi connectivity index (χ0n) is 10.2. The predicted octanol–water partition coefficient (Wildman–Crippen LogP) is 4.25. The minimum atomic E-state index is -4.52. The standard InChI is InChI=1S/C13H7BrF4N2O/c14-9-2-1-8(13(16,17)18)6-10(9)20-12(21)7-3-4-19-11(15)5-7/h1-6H,(H,20,21). The molecule has 1 amide bonds. The summed E-state index contributed by atoms with van der Waals surface area (Å²) in [5.41, 5.74) is -1.01. The Morgan fingerprint density at radius 1 is 1.19 bits per heavy atom. The molecule has 0 aliphatic rings. The zero-order valence-corrected chi connectivity index (χ0v) is 11.8. The predicted molar refractivity (Wildman–Crippen MR) is 71.3 cm³/mol. The summed E-state index contributed by atoms with van der Waals surface area (Å²) in [4.78, 5) is 15.2. The molecule has 2 rings (SSSR count). The second-order valence-electron chi connectivity index (χ2n) is 4.01. The number of hydrogen-bond donors (Lipinski definition) is 1. The first-order valence-corrected chi connectivity index (χ1v) is 6.36. The largest absolute Gasteiger partial charge is 0.416 e. The quantitative estimate of drug-likeness (QED) is 0.640. The van der Waals surface area contributed by atoms with Gasteiger partial charge in [0.05, 0.1) is 11.3 Å². The van der Waals surface area contributed by atoms with Crippen molar-refractivity contribution in [3.8, 4) is 0 Å². The fourth-order valence-corrected chi connectivity index (χ4v) is 1.88. The van der Waals surface area contributed by atoms with Gasteiger partial charge < -0.3 is 5.32 Å². The number of benzene rings is 1. The van der Waals surface area contributed by atoms with E-state index < -0.39 is 23.6 Å². The fourth-order valence-electron chi connectivity index (χ4n) is 1.54. The number of amides is 1. The molecule has 1 aromatic carbocycles. The number of aromatic nitrogens is 1. The molecule has 1 heterocycles. The Balaban J connectivity index is 2.29. The van der Waals surface area contributed by atoms with Gasteiger partial charge in [0.1, 0.15) is 0 Å². The number of carbonyl (C=O) groups is 1. The average Bonchev–Trinajstić information content (AvgIpc) is 2.40. The maximum Gasteiger partial charge on any atom is 0.416 e. The van der Waals surface area contributed by atoms with Crippen LogP contribution in [0.5, 0.6) is 0 Å². The Bertz CT molecular complexity index is 688. The highest BCUT2D eigenvalue weighted by molar-refractivity contribution is 9.10. The van der Waals surface area contributed by atoms with Crippen molar-refractivity contribution < 1.29 is 22.4 Å². The van der Waals surface area contributed by atoms with E-state index in [-0.39, 0.29) is 15.7 Å². The van der Waals surface area contributed by atoms with Crippen LogP contribution in [0.3, 0.4) is 0 Å². The number of nitrogens with one attached hydrogen (secondary N) is 1. The van der Waals surface area contributed by atoms with Crippen LogP contribution in [-0.2, 0) is 6.18 Å². The van der Waals surface area contributed by atoms with E-state index in [4.69, 9.17) is 0 Å². The molecule has 3 nitrogen and oxygen atoms in total. The SMILES string of the molecule is O=C(Nc1cc(C(F)(F)F)ccc1Br)c1ccnc(F)c1. The second kappa shape index (κ2) is 5.80. The molecule has 0 bridgehead atoms. The maximum absolute atomic E-state index is 12.9. The molecule has 110 valence electrons. The molecule has 0 spiro atoms. The number of nitrogens with zero attached hydrogens (tertiary/aromatic N) is 1. The van der Waals surface area contributed by atoms with Crippen LogP contribution in [0.1, 0.15) is 15.9 Å². The summed E-state index contributed by atoms with van der Waals surface area (Å²) in [6.45, 7) is 0. The van der Waals surface area contributed by atoms with Gasteiger partial charge in [-0.05, 0) is 40.2 Å². The van der Waals surface area contributed by atoms with E-state index in [0.29, 0.717) is 0 Å². The average molecular weight is 363 g/mol. The van der Waals surface area contributed by atoms with E-state index in [1.54, 1.807) is 0 Å². The molecular formula is C13H7BrF4N2O. The Labute approximate surface area is 125 Å². The van der Waals surface area contributed by atoms with Gasteiger partial charge in [-0.25, -0.2) is 4.98 Å². The van der Waals surface area contributed by atoms with Gasteiger partial charge in [0, 0.05) is 22.3 Å². The number of anilines is 1. The summed E-state index contributed by atoms with van der Waals surface area (Å²) in [6.07, 6.45) is -3.44. The molecule has 0 atom stereocenters. The number of rotatable bonds is 2. The number of carbonyl (C=O) groups excluding carboxylic acids is 1. The van der Waals surface area contributed by atoms with Crippen molar-refractivity contribution in [2.45, 2.75) is 6.18 Å². The third kappa shape index (κ3) is 3.78. The van der Waals surface area contributed by atoms with Gasteiger partial charge in [-0.15, -0.1) is 0 Å². The lowest BCUT2D eigenvalue weighted by Gasteiger charge is -2.11. The smallest absolute Gasteiger partial charge is 0.321 e. The normalized spacial score (nSPS) is 11.3. The number of pyridine rings is 1. The van der Waals surface area contributed by atoms with E-state index in [9.17, 15) is 22.4 Å². The highest BCUT2D eigenvalue weighted by atomic mass is 79.9. The van der Waals surface area contributed by atoms with Crippen LogP contribution in [0.25, 0.3) is 0 Å². The van der Waals surface area contributed by atoms with Crippen LogP contribution >= 0.6 is 15.9 Å². The summed E-state index contributed by atoms with van der Waals surface area (Å²) in [5, 5.41) is 2.29. The van der Waals surface area contributed by atoms with E-state index in [2.05, 4.69) is 26.2 Å². The van der Waals surface area contributed by atoms with Gasteiger partial charge in [-0.2, -0.15) is 17.6 Å². The van der Waals surface area contributed by atoms with Crippen molar-refractivity contribution in [1.29, 1.82) is 0 Å². The van der Waals surface area contributed by atoms with Crippen LogP contribution in [0, 0.1) is 5.95 Å². The van der Waals surface area contributed by atoms with Crippen LogP contribution in [0.15, 0.2) is 41.0 Å². The van der Waals surface area contributed by atoms with Crippen LogP contribution in [-0.4, -0.2) is 10.9 Å². The molecule has 1 N–H and O–H groups in total. The second-order valence-corrected chi connectivity index (χ2v) is 4.87. The molecular weight excluding hydrogens is 356 g/mol. The van der Waals surface area contributed by atoms with Crippen molar-refractivity contribution in [3.05, 3.63) is 58.1 Å². The molecule has 21 heavy (non-hydrogen) atoms. The van der Waals surface area contributed by atoms with Crippen molar-refractivity contribution >= 4 is 27.5 Å². The molecule has 0 saturated heterocycles. The van der Waals surface area contributed by atoms with E-state index in [1.807, 2.05) is 0 Å². The van der Waals surface area contributed by atoms with Crippen molar-refractivity contribution in [3.63, 3.8) is 0 Å². The lowest BCUT2D eigenvalue weighted by Crippen LogP contribution is -2.14. The Kier molecular flexibility index (Phi) is 4.26. The summed E-state index contributed by atoms with van der Waals surface area (Å²) >= 11 is 3.04. The lowest BCUT2D eigenvalue weighted by molar-refractivity contribution is -0.137. The van der Waals surface area contributed by atoms with E-state index in [1.165, 1.54) is 12.1 Å². The summed E-state index contributed by atoms with van der Waals surface area (Å²) in [7, 11) is 0. The van der Waals surface area contributed by atoms with Crippen LogP contribution in [0.2, 0.25) is 0 Å². The first kappa shape index (κ1) is 15.4. The van der Waals surface area contributed by atoms with Gasteiger partial charge in [-0.1, -0.05) is 0 Å². The third-order valence-electron chi connectivity index (χ3n) is 2.53. The number of halogens is 5. The number of hydrogen-bond acceptors (Lipinski definition) is 2. The Hall–Kier alpha value is -1.96. The highest BCUT2D eigenvalue weighted by Crippen LogP contribution is 2.34. The molecule has 0 fully saturated rings. The lowest BCUT2D eigenvalue weighted by atomic mass is 10.2. The summed E-state index contributed by atoms with van der Waals surface area (Å²) in [5.74, 6) is -1.60. The van der Waals surface area contributed by atoms with Gasteiger partial charge in [0.15, 0.2) is 0 Å². The minimum Gasteiger partial charge on any atom is -0.321 e. The topological polar surface area (TPSA) is 42.0 Å². The van der Waals surface area contributed by atoms with Crippen LogP contribution in [0.4, 0.5) is 23.2 Å². The first-order chi connectivity index (χ1) is 9.77. The fraction of sp³-hybridized carbons (Fsp3) is 0.0769. The molecule has 0 aliphatic carbocycles. The van der Waals surface area contributed by atoms with Gasteiger partial charge in [0.2, 0.25) is 5.95 Å². The molecule has 0 unspecified atom stereocenters. The summed E-state index contributed by atoms with van der Waals surface area (Å²) < 4.78 is 51.1. The molecule has 2 aromatic rings. The first-order valence-electron chi connectivity index (χ1n) is 5.57. The monoisotopic (exact) mass is 362 g/mol. The van der Waals surface area contributed by atoms with Crippen molar-refractivity contribution in [2.24, 2.45) is 0 Å². The molecule has 8 heteroatoms. The zero-order chi connectivity index (χ0) is 15.6. The minimum absolute atomic E-state index is 0.0492. The Morgan fingerprint density at radius 3 is 2.52 bits per heavy atom.